The fourth-order valence-electron chi connectivity index (χ4n) is 1.50. The molecule has 1 heterocycles. The first kappa shape index (κ1) is 12.3. The Bertz CT molecular complexity index is 429. The summed E-state index contributed by atoms with van der Waals surface area (Å²) in [5.41, 5.74) is 0.574. The van der Waals surface area contributed by atoms with Gasteiger partial charge in [-0.3, -0.25) is 4.79 Å². The highest BCUT2D eigenvalue weighted by atomic mass is 16.3. The van der Waals surface area contributed by atoms with Crippen LogP contribution in [0.2, 0.25) is 0 Å². The number of rotatable bonds is 3. The highest BCUT2D eigenvalue weighted by molar-refractivity contribution is 5.95. The van der Waals surface area contributed by atoms with Crippen molar-refractivity contribution in [3.05, 3.63) is 23.2 Å². The van der Waals surface area contributed by atoms with Gasteiger partial charge < -0.3 is 9.32 Å². The fraction of sp³-hybridized carbons (Fsp3) is 0.500. The molecule has 0 radical (unpaired) electrons. The summed E-state index contributed by atoms with van der Waals surface area (Å²) >= 11 is 0. The highest BCUT2D eigenvalue weighted by Gasteiger charge is 2.21. The Balaban J connectivity index is 2.86. The third-order valence-corrected chi connectivity index (χ3v) is 2.64. The summed E-state index contributed by atoms with van der Waals surface area (Å²) in [6.07, 6.45) is 0.331. The second-order valence-electron chi connectivity index (χ2n) is 3.95. The van der Waals surface area contributed by atoms with Crippen molar-refractivity contribution >= 4 is 5.91 Å². The van der Waals surface area contributed by atoms with Gasteiger partial charge in [0.05, 0.1) is 18.1 Å². The van der Waals surface area contributed by atoms with Gasteiger partial charge in [-0.1, -0.05) is 0 Å². The van der Waals surface area contributed by atoms with Crippen molar-refractivity contribution in [3.8, 4) is 6.07 Å². The smallest absolute Gasteiger partial charge is 0.257 e. The molecular formula is C12H16N2O2. The van der Waals surface area contributed by atoms with E-state index >= 15 is 0 Å². The molecule has 0 fully saturated rings. The van der Waals surface area contributed by atoms with E-state index < -0.39 is 0 Å². The molecule has 0 aliphatic rings. The molecule has 0 aliphatic carbocycles. The lowest BCUT2D eigenvalue weighted by Crippen LogP contribution is -2.34. The lowest BCUT2D eigenvalue weighted by atomic mass is 10.1. The van der Waals surface area contributed by atoms with Crippen molar-refractivity contribution in [2.24, 2.45) is 0 Å². The SMILES string of the molecule is Cc1cc(C(=O)N(C)C(C)CC#N)c(C)o1. The second kappa shape index (κ2) is 4.84. The van der Waals surface area contributed by atoms with Crippen LogP contribution >= 0.6 is 0 Å². The van der Waals surface area contributed by atoms with Gasteiger partial charge >= 0.3 is 0 Å². The molecule has 16 heavy (non-hydrogen) atoms. The number of carbonyl (C=O) groups excluding carboxylic acids is 1. The van der Waals surface area contributed by atoms with Crippen LogP contribution in [0.5, 0.6) is 0 Å². The quantitative estimate of drug-likeness (QED) is 0.785. The van der Waals surface area contributed by atoms with Gasteiger partial charge in [-0.25, -0.2) is 0 Å². The van der Waals surface area contributed by atoms with Crippen molar-refractivity contribution in [3.63, 3.8) is 0 Å². The number of nitriles is 1. The van der Waals surface area contributed by atoms with Crippen LogP contribution < -0.4 is 0 Å². The van der Waals surface area contributed by atoms with Crippen LogP contribution in [0, 0.1) is 25.2 Å². The summed E-state index contributed by atoms with van der Waals surface area (Å²) in [5, 5.41) is 8.59. The number of hydrogen-bond donors (Lipinski definition) is 0. The zero-order valence-corrected chi connectivity index (χ0v) is 10.1. The minimum atomic E-state index is -0.0999. The molecule has 1 aromatic heterocycles. The van der Waals surface area contributed by atoms with E-state index in [9.17, 15) is 4.79 Å². The molecule has 1 unspecified atom stereocenters. The first-order valence-corrected chi connectivity index (χ1v) is 5.18. The summed E-state index contributed by atoms with van der Waals surface area (Å²) in [4.78, 5) is 13.6. The van der Waals surface area contributed by atoms with Gasteiger partial charge in [-0.05, 0) is 26.8 Å². The monoisotopic (exact) mass is 220 g/mol. The van der Waals surface area contributed by atoms with E-state index in [-0.39, 0.29) is 11.9 Å². The van der Waals surface area contributed by atoms with Crippen LogP contribution in [0.3, 0.4) is 0 Å². The normalized spacial score (nSPS) is 11.9. The standard InChI is InChI=1S/C12H16N2O2/c1-8(5-6-13)14(4)12(15)11-7-9(2)16-10(11)3/h7-8H,5H2,1-4H3. The summed E-state index contributed by atoms with van der Waals surface area (Å²) < 4.78 is 5.31. The Morgan fingerprint density at radius 1 is 1.62 bits per heavy atom. The molecule has 4 nitrogen and oxygen atoms in total. The number of amides is 1. The molecular weight excluding hydrogens is 204 g/mol. The zero-order chi connectivity index (χ0) is 12.3. The van der Waals surface area contributed by atoms with E-state index in [4.69, 9.17) is 9.68 Å². The summed E-state index contributed by atoms with van der Waals surface area (Å²) in [6, 6.07) is 3.70. The Morgan fingerprint density at radius 2 is 2.25 bits per heavy atom. The van der Waals surface area contributed by atoms with Crippen molar-refractivity contribution in [2.75, 3.05) is 7.05 Å². The van der Waals surface area contributed by atoms with Gasteiger partial charge in [0.2, 0.25) is 0 Å². The maximum atomic E-state index is 12.1. The highest BCUT2D eigenvalue weighted by Crippen LogP contribution is 2.17. The van der Waals surface area contributed by atoms with Crippen LogP contribution in [-0.4, -0.2) is 23.9 Å². The number of carbonyl (C=O) groups is 1. The van der Waals surface area contributed by atoms with Gasteiger partial charge in [0.1, 0.15) is 11.5 Å². The molecule has 1 aromatic rings. The molecule has 0 aliphatic heterocycles. The summed E-state index contributed by atoms with van der Waals surface area (Å²) in [5.74, 6) is 1.25. The Kier molecular flexibility index (Phi) is 3.73. The van der Waals surface area contributed by atoms with E-state index in [1.807, 2.05) is 13.8 Å². The Labute approximate surface area is 95.5 Å². The van der Waals surface area contributed by atoms with E-state index in [1.54, 1.807) is 24.9 Å². The lowest BCUT2D eigenvalue weighted by molar-refractivity contribution is 0.0744. The van der Waals surface area contributed by atoms with Crippen molar-refractivity contribution in [2.45, 2.75) is 33.2 Å². The number of aryl methyl sites for hydroxylation is 2. The average molecular weight is 220 g/mol. The molecule has 0 bridgehead atoms. The topological polar surface area (TPSA) is 57.2 Å². The maximum Gasteiger partial charge on any atom is 0.257 e. The molecule has 0 saturated heterocycles. The van der Waals surface area contributed by atoms with Crippen molar-refractivity contribution in [1.29, 1.82) is 5.26 Å². The minimum absolute atomic E-state index is 0.0906. The van der Waals surface area contributed by atoms with Crippen LogP contribution in [0.1, 0.15) is 35.2 Å². The fourth-order valence-corrected chi connectivity index (χ4v) is 1.50. The first-order chi connectivity index (χ1) is 7.47. The zero-order valence-electron chi connectivity index (χ0n) is 10.1. The summed E-state index contributed by atoms with van der Waals surface area (Å²) in [6.45, 7) is 5.43. The van der Waals surface area contributed by atoms with Crippen LogP contribution in [0.25, 0.3) is 0 Å². The third kappa shape index (κ3) is 2.43. The van der Waals surface area contributed by atoms with Crippen molar-refractivity contribution < 1.29 is 9.21 Å². The van der Waals surface area contributed by atoms with Gasteiger partial charge in [0.25, 0.3) is 5.91 Å². The van der Waals surface area contributed by atoms with Crippen LogP contribution in [-0.2, 0) is 0 Å². The van der Waals surface area contributed by atoms with E-state index in [0.717, 1.165) is 5.76 Å². The molecule has 86 valence electrons. The lowest BCUT2D eigenvalue weighted by Gasteiger charge is -2.22. The van der Waals surface area contributed by atoms with Crippen molar-refractivity contribution in [1.82, 2.24) is 4.90 Å². The van der Waals surface area contributed by atoms with Gasteiger partial charge in [0, 0.05) is 13.1 Å². The number of hydrogen-bond acceptors (Lipinski definition) is 3. The predicted octanol–water partition coefficient (Wildman–Crippen LogP) is 2.27. The number of furan rings is 1. The minimum Gasteiger partial charge on any atom is -0.466 e. The van der Waals surface area contributed by atoms with Gasteiger partial charge in [0.15, 0.2) is 0 Å². The van der Waals surface area contributed by atoms with E-state index in [0.29, 0.717) is 17.7 Å². The van der Waals surface area contributed by atoms with Gasteiger partial charge in [-0.15, -0.1) is 0 Å². The Hall–Kier alpha value is -1.76. The third-order valence-electron chi connectivity index (χ3n) is 2.64. The van der Waals surface area contributed by atoms with Gasteiger partial charge in [-0.2, -0.15) is 5.26 Å². The largest absolute Gasteiger partial charge is 0.466 e. The second-order valence-corrected chi connectivity index (χ2v) is 3.95. The molecule has 1 atom stereocenters. The van der Waals surface area contributed by atoms with E-state index in [1.165, 1.54) is 0 Å². The predicted molar refractivity (Wildman–Crippen MR) is 60.0 cm³/mol. The number of nitrogens with zero attached hydrogens (tertiary/aromatic N) is 2. The Morgan fingerprint density at radius 3 is 2.69 bits per heavy atom. The molecule has 4 heteroatoms. The van der Waals surface area contributed by atoms with Crippen LogP contribution in [0.4, 0.5) is 0 Å². The summed E-state index contributed by atoms with van der Waals surface area (Å²) in [7, 11) is 1.70. The first-order valence-electron chi connectivity index (χ1n) is 5.18. The average Bonchev–Trinajstić information content (AvgIpc) is 2.56. The molecule has 1 rings (SSSR count). The molecule has 0 N–H and O–H groups in total. The molecule has 1 amide bonds. The molecule has 0 saturated carbocycles. The molecule has 0 aromatic carbocycles. The maximum absolute atomic E-state index is 12.1. The van der Waals surface area contributed by atoms with Crippen LogP contribution in [0.15, 0.2) is 10.5 Å². The molecule has 0 spiro atoms. The van der Waals surface area contributed by atoms with E-state index in [2.05, 4.69) is 6.07 Å².